The smallest absolute Gasteiger partial charge is 0.372 e. The summed E-state index contributed by atoms with van der Waals surface area (Å²) in [6.07, 6.45) is -3.43. The van der Waals surface area contributed by atoms with E-state index >= 15 is 0 Å². The van der Waals surface area contributed by atoms with E-state index in [2.05, 4.69) is 24.2 Å². The molecule has 7 heteroatoms. The van der Waals surface area contributed by atoms with Crippen molar-refractivity contribution < 1.29 is 18.3 Å². The van der Waals surface area contributed by atoms with Gasteiger partial charge in [0.1, 0.15) is 4.34 Å². The molecule has 1 atom stereocenters. The number of aliphatic hydroxyl groups is 1. The fourth-order valence-corrected chi connectivity index (χ4v) is 1.91. The first-order chi connectivity index (χ1) is 6.31. The summed E-state index contributed by atoms with van der Waals surface area (Å²) < 4.78 is 37.5. The van der Waals surface area contributed by atoms with Gasteiger partial charge in [-0.2, -0.15) is 13.2 Å². The zero-order chi connectivity index (χ0) is 11.0. The molecule has 1 unspecified atom stereocenters. The lowest BCUT2D eigenvalue weighted by molar-refractivity contribution is -0.243. The van der Waals surface area contributed by atoms with Gasteiger partial charge in [0.25, 0.3) is 0 Å². The summed E-state index contributed by atoms with van der Waals surface area (Å²) in [4.78, 5) is 3.18. The van der Waals surface area contributed by atoms with E-state index in [1.165, 1.54) is 0 Å². The minimum atomic E-state index is -4.80. The molecule has 0 aliphatic heterocycles. The summed E-state index contributed by atoms with van der Waals surface area (Å²) >= 11 is 4.42. The SMILES string of the molecule is C=CC(O)(c1cnc(S)s1)C(F)(F)F. The van der Waals surface area contributed by atoms with Gasteiger partial charge in [-0.3, -0.25) is 0 Å². The second-order valence-corrected chi connectivity index (χ2v) is 4.23. The van der Waals surface area contributed by atoms with Crippen molar-refractivity contribution in [1.82, 2.24) is 4.98 Å². The fourth-order valence-electron chi connectivity index (χ4n) is 0.797. The lowest BCUT2D eigenvalue weighted by Gasteiger charge is -2.25. The van der Waals surface area contributed by atoms with E-state index in [0.29, 0.717) is 17.4 Å². The van der Waals surface area contributed by atoms with Crippen LogP contribution in [0.4, 0.5) is 13.2 Å². The summed E-state index contributed by atoms with van der Waals surface area (Å²) in [7, 11) is 0. The molecule has 1 N–H and O–H groups in total. The maximum absolute atomic E-state index is 12.4. The molecule has 1 heterocycles. The Hall–Kier alpha value is -0.530. The van der Waals surface area contributed by atoms with Crippen LogP contribution in [0.5, 0.6) is 0 Å². The number of hydrogen-bond donors (Lipinski definition) is 2. The van der Waals surface area contributed by atoms with Gasteiger partial charge in [0, 0.05) is 6.20 Å². The average Bonchev–Trinajstić information content (AvgIpc) is 2.48. The third-order valence-electron chi connectivity index (χ3n) is 1.60. The zero-order valence-electron chi connectivity index (χ0n) is 6.75. The van der Waals surface area contributed by atoms with Crippen molar-refractivity contribution >= 4 is 24.0 Å². The van der Waals surface area contributed by atoms with Crippen molar-refractivity contribution in [1.29, 1.82) is 0 Å². The van der Waals surface area contributed by atoms with Crippen molar-refractivity contribution in [3.63, 3.8) is 0 Å². The van der Waals surface area contributed by atoms with E-state index < -0.39 is 11.8 Å². The first kappa shape index (κ1) is 11.5. The van der Waals surface area contributed by atoms with E-state index in [4.69, 9.17) is 0 Å². The molecule has 0 fully saturated rings. The molecule has 14 heavy (non-hydrogen) atoms. The van der Waals surface area contributed by atoms with Crippen molar-refractivity contribution in [3.8, 4) is 0 Å². The summed E-state index contributed by atoms with van der Waals surface area (Å²) in [5.41, 5.74) is -3.04. The Bertz CT molecular complexity index is 349. The molecule has 0 bridgehead atoms. The van der Waals surface area contributed by atoms with Crippen molar-refractivity contribution in [2.75, 3.05) is 0 Å². The van der Waals surface area contributed by atoms with E-state index in [9.17, 15) is 18.3 Å². The predicted octanol–water partition coefficient (Wildman–Crippen LogP) is 2.37. The third-order valence-corrected chi connectivity index (χ3v) is 2.91. The van der Waals surface area contributed by atoms with Crippen molar-refractivity contribution in [3.05, 3.63) is 23.7 Å². The van der Waals surface area contributed by atoms with Crippen LogP contribution in [0, 0.1) is 0 Å². The number of hydrogen-bond acceptors (Lipinski definition) is 4. The Morgan fingerprint density at radius 2 is 2.14 bits per heavy atom. The largest absolute Gasteiger partial charge is 0.426 e. The van der Waals surface area contributed by atoms with Crippen molar-refractivity contribution in [2.45, 2.75) is 16.1 Å². The van der Waals surface area contributed by atoms with Gasteiger partial charge in [0.15, 0.2) is 0 Å². The Morgan fingerprint density at radius 1 is 1.57 bits per heavy atom. The van der Waals surface area contributed by atoms with Gasteiger partial charge in [-0.25, -0.2) is 4.98 Å². The fraction of sp³-hybridized carbons (Fsp3) is 0.286. The molecule has 0 aliphatic rings. The topological polar surface area (TPSA) is 33.1 Å². The van der Waals surface area contributed by atoms with Crippen LogP contribution in [-0.4, -0.2) is 16.3 Å². The van der Waals surface area contributed by atoms with E-state index in [1.54, 1.807) is 0 Å². The molecular formula is C7H6F3NOS2. The van der Waals surface area contributed by atoms with Crippen LogP contribution in [0.1, 0.15) is 4.88 Å². The van der Waals surface area contributed by atoms with E-state index in [0.717, 1.165) is 6.20 Å². The lowest BCUT2D eigenvalue weighted by atomic mass is 10.0. The van der Waals surface area contributed by atoms with Crippen LogP contribution in [0.25, 0.3) is 0 Å². The zero-order valence-corrected chi connectivity index (χ0v) is 8.46. The Kier molecular flexibility index (Phi) is 2.93. The van der Waals surface area contributed by atoms with Gasteiger partial charge in [0.2, 0.25) is 5.60 Å². The molecule has 0 aliphatic carbocycles. The highest BCUT2D eigenvalue weighted by Crippen LogP contribution is 2.42. The molecule has 0 spiro atoms. The molecular weight excluding hydrogens is 235 g/mol. The maximum atomic E-state index is 12.4. The van der Waals surface area contributed by atoms with Crippen LogP contribution in [-0.2, 0) is 5.60 Å². The van der Waals surface area contributed by atoms with E-state index in [1.807, 2.05) is 0 Å². The molecule has 0 amide bonds. The summed E-state index contributed by atoms with van der Waals surface area (Å²) in [5.74, 6) is 0. The molecule has 1 aromatic heterocycles. The molecule has 1 aromatic rings. The van der Waals surface area contributed by atoms with Gasteiger partial charge in [-0.1, -0.05) is 6.58 Å². The highest BCUT2D eigenvalue weighted by Gasteiger charge is 2.54. The van der Waals surface area contributed by atoms with Gasteiger partial charge < -0.3 is 5.11 Å². The monoisotopic (exact) mass is 241 g/mol. The number of alkyl halides is 3. The number of aromatic nitrogens is 1. The number of rotatable bonds is 2. The molecule has 1 rings (SSSR count). The normalized spacial score (nSPS) is 16.4. The van der Waals surface area contributed by atoms with Gasteiger partial charge in [-0.15, -0.1) is 24.0 Å². The predicted molar refractivity (Wildman–Crippen MR) is 49.5 cm³/mol. The molecule has 0 saturated heterocycles. The minimum Gasteiger partial charge on any atom is -0.372 e. The minimum absolute atomic E-state index is 0.157. The highest BCUT2D eigenvalue weighted by molar-refractivity contribution is 7.82. The Morgan fingerprint density at radius 3 is 2.43 bits per heavy atom. The van der Waals surface area contributed by atoms with Gasteiger partial charge in [0.05, 0.1) is 4.88 Å². The maximum Gasteiger partial charge on any atom is 0.426 e. The van der Waals surface area contributed by atoms with Crippen molar-refractivity contribution in [2.24, 2.45) is 0 Å². The van der Waals surface area contributed by atoms with Crippen LogP contribution >= 0.6 is 24.0 Å². The van der Waals surface area contributed by atoms with Crippen LogP contribution in [0.15, 0.2) is 23.2 Å². The second-order valence-electron chi connectivity index (χ2n) is 2.48. The van der Waals surface area contributed by atoms with Gasteiger partial charge in [-0.05, 0) is 6.08 Å². The lowest BCUT2D eigenvalue weighted by Crippen LogP contribution is -2.39. The van der Waals surface area contributed by atoms with E-state index in [-0.39, 0.29) is 9.22 Å². The molecule has 2 nitrogen and oxygen atoms in total. The number of thiazole rings is 1. The first-order valence-corrected chi connectivity index (χ1v) is 4.65. The first-order valence-electron chi connectivity index (χ1n) is 3.39. The third kappa shape index (κ3) is 1.79. The van der Waals surface area contributed by atoms with Gasteiger partial charge >= 0.3 is 6.18 Å². The average molecular weight is 241 g/mol. The summed E-state index contributed by atoms with van der Waals surface area (Å²) in [5, 5.41) is 9.33. The quantitative estimate of drug-likeness (QED) is 0.615. The number of halogens is 3. The highest BCUT2D eigenvalue weighted by atomic mass is 32.2. The Labute approximate surface area is 87.5 Å². The second kappa shape index (κ2) is 3.56. The molecule has 0 saturated carbocycles. The number of nitrogens with zero attached hydrogens (tertiary/aromatic N) is 1. The van der Waals surface area contributed by atoms with Crippen LogP contribution < -0.4 is 0 Å². The Balaban J connectivity index is 3.21. The molecule has 0 aromatic carbocycles. The van der Waals surface area contributed by atoms with Crippen LogP contribution in [0.3, 0.4) is 0 Å². The molecule has 78 valence electrons. The molecule has 0 radical (unpaired) electrons. The van der Waals surface area contributed by atoms with Crippen LogP contribution in [0.2, 0.25) is 0 Å². The standard InChI is InChI=1S/C7H6F3NOS2/c1-2-6(12,7(8,9)10)4-3-11-5(13)14-4/h2-3,12H,1H2,(H,11,13). The summed E-state index contributed by atoms with van der Waals surface area (Å²) in [6.45, 7) is 2.97. The summed E-state index contributed by atoms with van der Waals surface area (Å²) in [6, 6.07) is 0. The number of thiol groups is 1.